The maximum Gasteiger partial charge on any atom is 0.295 e. The molecule has 0 amide bonds. The van der Waals surface area contributed by atoms with Crippen LogP contribution < -0.4 is 10.2 Å². The fraction of sp³-hybridized carbons (Fsp3) is 0.500. The first-order valence-electron chi connectivity index (χ1n) is 6.15. The molecule has 0 bridgehead atoms. The van der Waals surface area contributed by atoms with Crippen LogP contribution in [0.4, 0.5) is 15.8 Å². The van der Waals surface area contributed by atoms with Crippen LogP contribution in [0.5, 0.6) is 0 Å². The van der Waals surface area contributed by atoms with Crippen LogP contribution in [0, 0.1) is 27.8 Å². The lowest BCUT2D eigenvalue weighted by Crippen LogP contribution is -2.26. The van der Waals surface area contributed by atoms with Gasteiger partial charge in [0, 0.05) is 26.2 Å². The molecule has 2 aliphatic heterocycles. The predicted molar refractivity (Wildman–Crippen MR) is 72.8 cm³/mol. The highest BCUT2D eigenvalue weighted by molar-refractivity contribution is 9.10. The van der Waals surface area contributed by atoms with E-state index < -0.39 is 10.7 Å². The normalized spacial score (nSPS) is 25.7. The standard InChI is InChI=1S/C12H13BrFN3O2/c13-9-1-11(12(17(18)19)2-10(9)14)16-5-7-3-15-4-8(7)6-16/h1-2,7-8,15H,3-6H2/t7-,8+. The number of hydrogen-bond acceptors (Lipinski definition) is 4. The van der Waals surface area contributed by atoms with Gasteiger partial charge in [0.15, 0.2) is 0 Å². The molecule has 102 valence electrons. The molecular weight excluding hydrogens is 317 g/mol. The molecule has 0 unspecified atom stereocenters. The van der Waals surface area contributed by atoms with Crippen molar-refractivity contribution in [1.82, 2.24) is 5.32 Å². The average Bonchev–Trinajstić information content (AvgIpc) is 2.92. The van der Waals surface area contributed by atoms with Gasteiger partial charge in [0.2, 0.25) is 0 Å². The van der Waals surface area contributed by atoms with Gasteiger partial charge in [0.25, 0.3) is 5.69 Å². The zero-order valence-electron chi connectivity index (χ0n) is 10.1. The molecule has 2 aliphatic rings. The minimum absolute atomic E-state index is 0.159. The minimum atomic E-state index is -0.600. The first kappa shape index (κ1) is 12.8. The highest BCUT2D eigenvalue weighted by atomic mass is 79.9. The van der Waals surface area contributed by atoms with Crippen molar-refractivity contribution in [1.29, 1.82) is 0 Å². The van der Waals surface area contributed by atoms with E-state index in [2.05, 4.69) is 21.2 Å². The zero-order valence-corrected chi connectivity index (χ0v) is 11.7. The fourth-order valence-corrected chi connectivity index (χ4v) is 3.31. The van der Waals surface area contributed by atoms with E-state index in [1.54, 1.807) is 0 Å². The van der Waals surface area contributed by atoms with Crippen molar-refractivity contribution < 1.29 is 9.31 Å². The molecule has 0 radical (unpaired) electrons. The molecule has 2 atom stereocenters. The molecule has 2 heterocycles. The number of anilines is 1. The topological polar surface area (TPSA) is 58.4 Å². The van der Waals surface area contributed by atoms with Crippen molar-refractivity contribution in [2.45, 2.75) is 0 Å². The number of rotatable bonds is 2. The van der Waals surface area contributed by atoms with Crippen molar-refractivity contribution in [3.8, 4) is 0 Å². The minimum Gasteiger partial charge on any atom is -0.365 e. The first-order chi connectivity index (χ1) is 9.06. The second kappa shape index (κ2) is 4.72. The smallest absolute Gasteiger partial charge is 0.295 e. The summed E-state index contributed by atoms with van der Waals surface area (Å²) in [6.45, 7) is 3.49. The van der Waals surface area contributed by atoms with Crippen LogP contribution in [-0.4, -0.2) is 31.1 Å². The quantitative estimate of drug-likeness (QED) is 0.667. The van der Waals surface area contributed by atoms with Crippen LogP contribution >= 0.6 is 15.9 Å². The summed E-state index contributed by atoms with van der Waals surface area (Å²) in [6.07, 6.45) is 0. The van der Waals surface area contributed by atoms with Gasteiger partial charge in [-0.1, -0.05) is 0 Å². The van der Waals surface area contributed by atoms with E-state index >= 15 is 0 Å². The van der Waals surface area contributed by atoms with Crippen LogP contribution in [0.2, 0.25) is 0 Å². The lowest BCUT2D eigenvalue weighted by molar-refractivity contribution is -0.384. The van der Waals surface area contributed by atoms with Gasteiger partial charge < -0.3 is 10.2 Å². The van der Waals surface area contributed by atoms with E-state index in [1.807, 2.05) is 4.90 Å². The summed E-state index contributed by atoms with van der Waals surface area (Å²) in [7, 11) is 0. The SMILES string of the molecule is O=[N+]([O-])c1cc(F)c(Br)cc1N1C[C@H]2CNC[C@H]2C1. The number of benzene rings is 1. The lowest BCUT2D eigenvalue weighted by Gasteiger charge is -2.20. The Morgan fingerprint density at radius 3 is 2.58 bits per heavy atom. The molecule has 1 N–H and O–H groups in total. The second-order valence-corrected chi connectivity index (χ2v) is 5.95. The van der Waals surface area contributed by atoms with Gasteiger partial charge in [-0.2, -0.15) is 0 Å². The van der Waals surface area contributed by atoms with Crippen molar-refractivity contribution in [2.24, 2.45) is 11.8 Å². The molecule has 0 spiro atoms. The molecule has 5 nitrogen and oxygen atoms in total. The highest BCUT2D eigenvalue weighted by Gasteiger charge is 2.38. The number of halogens is 2. The Labute approximate surface area is 118 Å². The highest BCUT2D eigenvalue weighted by Crippen LogP contribution is 2.38. The summed E-state index contributed by atoms with van der Waals surface area (Å²) in [6, 6.07) is 2.51. The molecule has 0 aromatic heterocycles. The number of fused-ring (bicyclic) bond motifs is 1. The van der Waals surface area contributed by atoms with Crippen molar-refractivity contribution in [3.63, 3.8) is 0 Å². The Balaban J connectivity index is 1.96. The monoisotopic (exact) mass is 329 g/mol. The Kier molecular flexibility index (Phi) is 3.18. The van der Waals surface area contributed by atoms with Gasteiger partial charge in [-0.05, 0) is 33.8 Å². The molecule has 2 fully saturated rings. The fourth-order valence-electron chi connectivity index (χ4n) is 2.98. The molecule has 1 aromatic carbocycles. The molecular formula is C12H13BrFN3O2. The summed E-state index contributed by atoms with van der Waals surface area (Å²) in [5.41, 5.74) is 0.348. The predicted octanol–water partition coefficient (Wildman–Crippen LogP) is 2.15. The van der Waals surface area contributed by atoms with Gasteiger partial charge in [0.1, 0.15) is 11.5 Å². The molecule has 2 saturated heterocycles. The Morgan fingerprint density at radius 2 is 2.00 bits per heavy atom. The van der Waals surface area contributed by atoms with E-state index in [-0.39, 0.29) is 10.2 Å². The second-order valence-electron chi connectivity index (χ2n) is 5.10. The summed E-state index contributed by atoms with van der Waals surface area (Å²) >= 11 is 3.10. The molecule has 19 heavy (non-hydrogen) atoms. The maximum atomic E-state index is 13.5. The number of nitro groups is 1. The van der Waals surface area contributed by atoms with Crippen LogP contribution in [0.3, 0.4) is 0 Å². The van der Waals surface area contributed by atoms with Crippen molar-refractivity contribution >= 4 is 27.3 Å². The molecule has 7 heteroatoms. The maximum absolute atomic E-state index is 13.5. The molecule has 0 aliphatic carbocycles. The number of nitrogens with zero attached hydrogens (tertiary/aromatic N) is 2. The third kappa shape index (κ3) is 2.21. The zero-order chi connectivity index (χ0) is 13.6. The van der Waals surface area contributed by atoms with Gasteiger partial charge >= 0.3 is 0 Å². The summed E-state index contributed by atoms with van der Waals surface area (Å²) in [5.74, 6) is 0.461. The van der Waals surface area contributed by atoms with Gasteiger partial charge in [-0.25, -0.2) is 4.39 Å². The molecule has 1 aromatic rings. The Hall–Kier alpha value is -1.21. The third-order valence-corrected chi connectivity index (χ3v) is 4.55. The van der Waals surface area contributed by atoms with E-state index in [0.717, 1.165) is 32.2 Å². The van der Waals surface area contributed by atoms with Crippen LogP contribution in [0.1, 0.15) is 0 Å². The van der Waals surface area contributed by atoms with Crippen molar-refractivity contribution in [2.75, 3.05) is 31.1 Å². The summed E-state index contributed by atoms with van der Waals surface area (Å²) < 4.78 is 13.7. The lowest BCUT2D eigenvalue weighted by atomic mass is 10.0. The Bertz CT molecular complexity index is 528. The van der Waals surface area contributed by atoms with Gasteiger partial charge in [-0.3, -0.25) is 10.1 Å². The van der Waals surface area contributed by atoms with E-state index in [9.17, 15) is 14.5 Å². The number of hydrogen-bond donors (Lipinski definition) is 1. The molecule has 0 saturated carbocycles. The summed E-state index contributed by atoms with van der Waals surface area (Å²) in [5, 5.41) is 14.4. The number of nitro benzene ring substituents is 1. The Morgan fingerprint density at radius 1 is 1.37 bits per heavy atom. The molecule has 3 rings (SSSR count). The van der Waals surface area contributed by atoms with Gasteiger partial charge in [-0.15, -0.1) is 0 Å². The third-order valence-electron chi connectivity index (χ3n) is 3.94. The van der Waals surface area contributed by atoms with Crippen LogP contribution in [-0.2, 0) is 0 Å². The van der Waals surface area contributed by atoms with E-state index in [1.165, 1.54) is 6.07 Å². The van der Waals surface area contributed by atoms with Gasteiger partial charge in [0.05, 0.1) is 15.5 Å². The van der Waals surface area contributed by atoms with Crippen molar-refractivity contribution in [3.05, 3.63) is 32.5 Å². The van der Waals surface area contributed by atoms with E-state index in [0.29, 0.717) is 17.5 Å². The largest absolute Gasteiger partial charge is 0.365 e. The first-order valence-corrected chi connectivity index (χ1v) is 6.94. The summed E-state index contributed by atoms with van der Waals surface area (Å²) in [4.78, 5) is 12.6. The average molecular weight is 330 g/mol. The van der Waals surface area contributed by atoms with Crippen LogP contribution in [0.15, 0.2) is 16.6 Å². The number of nitrogens with one attached hydrogen (secondary N) is 1. The van der Waals surface area contributed by atoms with E-state index in [4.69, 9.17) is 0 Å². The van der Waals surface area contributed by atoms with Crippen LogP contribution in [0.25, 0.3) is 0 Å².